The zero-order valence-corrected chi connectivity index (χ0v) is 29.1. The Labute approximate surface area is 315 Å². The minimum absolute atomic E-state index is 0. The molecule has 7 rings (SSSR count). The summed E-state index contributed by atoms with van der Waals surface area (Å²) in [5.74, 6) is -1.82. The van der Waals surface area contributed by atoms with Gasteiger partial charge in [0.25, 0.3) is 11.8 Å². The van der Waals surface area contributed by atoms with Gasteiger partial charge in [0.2, 0.25) is 0 Å². The summed E-state index contributed by atoms with van der Waals surface area (Å²) in [4.78, 5) is 41.8. The monoisotopic (exact) mass is 640 g/mol. The van der Waals surface area contributed by atoms with Crippen molar-refractivity contribution in [3.8, 4) is 11.1 Å². The number of carbonyl (C=O) groups excluding carboxylic acids is 3. The van der Waals surface area contributed by atoms with E-state index in [1.807, 2.05) is 72.8 Å². The maximum absolute atomic E-state index is 13.8. The van der Waals surface area contributed by atoms with Gasteiger partial charge in [0.05, 0.1) is 5.69 Å². The molecule has 0 atom stereocenters. The van der Waals surface area contributed by atoms with E-state index in [4.69, 9.17) is 0 Å². The van der Waals surface area contributed by atoms with E-state index in [-0.39, 0.29) is 69.6 Å². The number of imide groups is 1. The summed E-state index contributed by atoms with van der Waals surface area (Å²) in [5, 5.41) is 12.2. The Bertz CT molecular complexity index is 2020. The second kappa shape index (κ2) is 14.2. The molecule has 0 spiro atoms. The molecule has 6 nitrogen and oxygen atoms in total. The Kier molecular flexibility index (Phi) is 9.82. The van der Waals surface area contributed by atoms with Crippen molar-refractivity contribution in [2.75, 3.05) is 9.80 Å². The summed E-state index contributed by atoms with van der Waals surface area (Å²) in [5.41, 5.74) is 7.38. The summed E-state index contributed by atoms with van der Waals surface area (Å²) < 4.78 is 0. The molecule has 1 aliphatic rings. The zero-order chi connectivity index (χ0) is 31.6. The Hall–Kier alpha value is -4.37. The van der Waals surface area contributed by atoms with Crippen LogP contribution in [0.3, 0.4) is 0 Å². The molecule has 0 bridgehead atoms. The molecule has 7 heteroatoms. The summed E-state index contributed by atoms with van der Waals surface area (Å²) in [7, 11) is 0. The van der Waals surface area contributed by atoms with Crippen LogP contribution in [0.5, 0.6) is 0 Å². The first-order chi connectivity index (χ1) is 22.5. The maximum Gasteiger partial charge on any atom is 1.00 e. The van der Waals surface area contributed by atoms with Gasteiger partial charge in [-0.25, -0.2) is 4.90 Å². The average Bonchev–Trinajstić information content (AvgIpc) is 3.09. The molecule has 0 radical (unpaired) electrons. The van der Waals surface area contributed by atoms with Crippen LogP contribution in [0, 0.1) is 0 Å². The van der Waals surface area contributed by atoms with E-state index < -0.39 is 5.97 Å². The summed E-state index contributed by atoms with van der Waals surface area (Å²) in [6.45, 7) is 0. The van der Waals surface area contributed by atoms with Gasteiger partial charge in [-0.3, -0.25) is 9.59 Å². The van der Waals surface area contributed by atoms with Crippen LogP contribution in [0.4, 0.5) is 22.7 Å². The Morgan fingerprint density at radius 2 is 1.15 bits per heavy atom. The van der Waals surface area contributed by atoms with Gasteiger partial charge in [0.1, 0.15) is 0 Å². The molecule has 0 fully saturated rings. The molecule has 0 aromatic heterocycles. The van der Waals surface area contributed by atoms with Crippen LogP contribution in [-0.4, -0.2) is 17.8 Å². The third kappa shape index (κ3) is 6.46. The predicted molar refractivity (Wildman–Crippen MR) is 180 cm³/mol. The first kappa shape index (κ1) is 32.6. The molecule has 6 aromatic rings. The minimum Gasteiger partial charge on any atom is -0.550 e. The molecule has 0 saturated heterocycles. The predicted octanol–water partition coefficient (Wildman–Crippen LogP) is 4.85. The van der Waals surface area contributed by atoms with Gasteiger partial charge in [0, 0.05) is 39.5 Å². The molecular formula is C40H29KN2O4. The quantitative estimate of drug-likeness (QED) is 0.167. The molecule has 0 saturated carbocycles. The topological polar surface area (TPSA) is 80.8 Å². The van der Waals surface area contributed by atoms with Gasteiger partial charge in [-0.05, 0) is 102 Å². The van der Waals surface area contributed by atoms with Crippen molar-refractivity contribution in [2.24, 2.45) is 0 Å². The van der Waals surface area contributed by atoms with Gasteiger partial charge in [-0.15, -0.1) is 0 Å². The molecule has 6 aromatic carbocycles. The van der Waals surface area contributed by atoms with Crippen LogP contribution < -0.4 is 66.3 Å². The van der Waals surface area contributed by atoms with Crippen LogP contribution in [0.1, 0.15) is 39.1 Å². The second-order valence-corrected chi connectivity index (χ2v) is 11.3. The summed E-state index contributed by atoms with van der Waals surface area (Å²) >= 11 is 0. The molecule has 1 heterocycles. The van der Waals surface area contributed by atoms with Crippen LogP contribution in [0.15, 0.2) is 140 Å². The average molecular weight is 641 g/mol. The smallest absolute Gasteiger partial charge is 0.550 e. The van der Waals surface area contributed by atoms with E-state index in [9.17, 15) is 19.5 Å². The first-order valence-corrected chi connectivity index (χ1v) is 15.2. The van der Waals surface area contributed by atoms with Gasteiger partial charge in [0.15, 0.2) is 0 Å². The van der Waals surface area contributed by atoms with Gasteiger partial charge in [-0.2, -0.15) is 0 Å². The van der Waals surface area contributed by atoms with Crippen molar-refractivity contribution >= 4 is 51.3 Å². The number of anilines is 4. The number of aryl methyl sites for hydroxylation is 1. The largest absolute Gasteiger partial charge is 1.00 e. The Morgan fingerprint density at radius 3 is 1.74 bits per heavy atom. The van der Waals surface area contributed by atoms with Crippen LogP contribution in [0.25, 0.3) is 21.9 Å². The number of hydrogen-bond donors (Lipinski definition) is 0. The maximum atomic E-state index is 13.8. The fraction of sp³-hybridized carbons (Fsp3) is 0.0750. The van der Waals surface area contributed by atoms with Crippen LogP contribution >= 0.6 is 0 Å². The zero-order valence-electron chi connectivity index (χ0n) is 25.9. The second-order valence-electron chi connectivity index (χ2n) is 11.3. The van der Waals surface area contributed by atoms with Crippen molar-refractivity contribution in [1.82, 2.24) is 0 Å². The third-order valence-electron chi connectivity index (χ3n) is 8.41. The molecule has 0 N–H and O–H groups in total. The molecule has 0 aliphatic carbocycles. The first-order valence-electron chi connectivity index (χ1n) is 15.2. The van der Waals surface area contributed by atoms with E-state index in [1.165, 1.54) is 4.90 Å². The van der Waals surface area contributed by atoms with Gasteiger partial charge < -0.3 is 14.8 Å². The standard InChI is InChI=1S/C40H30N2O4.K/c43-37(44)16-7-9-27-17-21-32(22-18-27)42-39(45)35-15-8-14-34-33(25-26-36(38(34)35)40(42)46)28-19-23-31(24-20-28)41(29-10-3-1-4-11-29)30-12-5-2-6-13-30;/h1-6,8,10-15,17-26H,7,9,16H2,(H,43,44);/q;+1/p-1. The van der Waals surface area contributed by atoms with Crippen molar-refractivity contribution < 1.29 is 70.9 Å². The number of amides is 2. The molecule has 0 unspecified atom stereocenters. The number of aliphatic carboxylic acids is 1. The number of para-hydroxylation sites is 2. The van der Waals surface area contributed by atoms with Crippen molar-refractivity contribution in [3.05, 3.63) is 156 Å². The SMILES string of the molecule is O=C([O-])CCCc1ccc(N2C(=O)c3cccc4c(-c5ccc(N(c6ccccc6)c6ccccc6)cc5)ccc(c34)C2=O)cc1.[K+]. The van der Waals surface area contributed by atoms with Gasteiger partial charge in [-0.1, -0.05) is 78.9 Å². The number of carboxylic acids is 1. The fourth-order valence-corrected chi connectivity index (χ4v) is 6.22. The molecule has 2 amide bonds. The van der Waals surface area contributed by atoms with Crippen molar-refractivity contribution in [1.29, 1.82) is 0 Å². The number of benzene rings is 6. The summed E-state index contributed by atoms with van der Waals surface area (Å²) in [6, 6.07) is 45.2. The van der Waals surface area contributed by atoms with E-state index in [0.717, 1.165) is 39.1 Å². The Morgan fingerprint density at radius 1 is 0.596 bits per heavy atom. The van der Waals surface area contributed by atoms with E-state index >= 15 is 0 Å². The Balaban J connectivity index is 0.00000386. The minimum atomic E-state index is -1.08. The fourth-order valence-electron chi connectivity index (χ4n) is 6.22. The number of hydrogen-bond acceptors (Lipinski definition) is 5. The van der Waals surface area contributed by atoms with E-state index in [1.54, 1.807) is 18.2 Å². The molecular weight excluding hydrogens is 612 g/mol. The van der Waals surface area contributed by atoms with Gasteiger partial charge >= 0.3 is 51.4 Å². The number of carboxylic acid groups (broad SMARTS) is 1. The van der Waals surface area contributed by atoms with E-state index in [0.29, 0.717) is 35.0 Å². The van der Waals surface area contributed by atoms with Crippen molar-refractivity contribution in [3.63, 3.8) is 0 Å². The number of carbonyl (C=O) groups is 3. The summed E-state index contributed by atoms with van der Waals surface area (Å²) in [6.07, 6.45) is 1.01. The molecule has 1 aliphatic heterocycles. The number of nitrogens with zero attached hydrogens (tertiary/aromatic N) is 2. The normalized spacial score (nSPS) is 12.1. The number of rotatable bonds is 9. The van der Waals surface area contributed by atoms with E-state index in [2.05, 4.69) is 53.4 Å². The third-order valence-corrected chi connectivity index (χ3v) is 8.41. The van der Waals surface area contributed by atoms with Crippen molar-refractivity contribution in [2.45, 2.75) is 19.3 Å². The molecule has 47 heavy (non-hydrogen) atoms. The van der Waals surface area contributed by atoms with Crippen LogP contribution in [-0.2, 0) is 11.2 Å². The molecule has 224 valence electrons. The van der Waals surface area contributed by atoms with Crippen LogP contribution in [0.2, 0.25) is 0 Å².